The Labute approximate surface area is 91.7 Å². The van der Waals surface area contributed by atoms with Crippen LogP contribution in [0.5, 0.6) is 0 Å². The Kier molecular flexibility index (Phi) is 4.84. The van der Waals surface area contributed by atoms with Crippen molar-refractivity contribution in [2.24, 2.45) is 0 Å². The van der Waals surface area contributed by atoms with E-state index in [-0.39, 0.29) is 6.10 Å². The van der Waals surface area contributed by atoms with Crippen molar-refractivity contribution in [1.29, 1.82) is 0 Å². The van der Waals surface area contributed by atoms with Crippen molar-refractivity contribution in [3.8, 4) is 0 Å². The SMILES string of the molecule is CSCCC(O)c1cccc(Br)c1. The molecule has 0 aliphatic rings. The maximum absolute atomic E-state index is 9.74. The van der Waals surface area contributed by atoms with E-state index in [9.17, 15) is 5.11 Å². The van der Waals surface area contributed by atoms with Gasteiger partial charge in [0.05, 0.1) is 6.10 Å². The van der Waals surface area contributed by atoms with E-state index in [0.29, 0.717) is 0 Å². The standard InChI is InChI=1S/C10H13BrOS/c1-13-6-5-10(12)8-3-2-4-9(11)7-8/h2-4,7,10,12H,5-6H2,1H3. The average Bonchev–Trinajstić information content (AvgIpc) is 2.14. The van der Waals surface area contributed by atoms with Crippen molar-refractivity contribution in [2.45, 2.75) is 12.5 Å². The Morgan fingerprint density at radius 2 is 2.31 bits per heavy atom. The maximum Gasteiger partial charge on any atom is 0.0798 e. The van der Waals surface area contributed by atoms with E-state index >= 15 is 0 Å². The van der Waals surface area contributed by atoms with Gasteiger partial charge in [-0.05, 0) is 36.1 Å². The predicted molar refractivity (Wildman–Crippen MR) is 62.1 cm³/mol. The first-order chi connectivity index (χ1) is 6.24. The highest BCUT2D eigenvalue weighted by atomic mass is 79.9. The third-order valence-corrected chi connectivity index (χ3v) is 2.97. The Hall–Kier alpha value is 0.01000. The van der Waals surface area contributed by atoms with Crippen molar-refractivity contribution >= 4 is 27.7 Å². The Bertz CT molecular complexity index is 265. The van der Waals surface area contributed by atoms with Gasteiger partial charge in [-0.2, -0.15) is 11.8 Å². The summed E-state index contributed by atoms with van der Waals surface area (Å²) in [6, 6.07) is 7.83. The minimum atomic E-state index is -0.329. The second-order valence-electron chi connectivity index (χ2n) is 2.85. The summed E-state index contributed by atoms with van der Waals surface area (Å²) in [6.45, 7) is 0. The molecule has 0 bridgehead atoms. The zero-order chi connectivity index (χ0) is 9.68. The molecular formula is C10H13BrOS. The Morgan fingerprint density at radius 1 is 1.54 bits per heavy atom. The maximum atomic E-state index is 9.74. The lowest BCUT2D eigenvalue weighted by atomic mass is 10.1. The Morgan fingerprint density at radius 3 is 2.92 bits per heavy atom. The van der Waals surface area contributed by atoms with Crippen LogP contribution in [-0.4, -0.2) is 17.1 Å². The van der Waals surface area contributed by atoms with Crippen LogP contribution in [-0.2, 0) is 0 Å². The van der Waals surface area contributed by atoms with E-state index in [1.165, 1.54) is 0 Å². The van der Waals surface area contributed by atoms with Gasteiger partial charge in [-0.15, -0.1) is 0 Å². The number of rotatable bonds is 4. The monoisotopic (exact) mass is 260 g/mol. The molecular weight excluding hydrogens is 248 g/mol. The van der Waals surface area contributed by atoms with E-state index in [1.807, 2.05) is 30.5 Å². The van der Waals surface area contributed by atoms with Gasteiger partial charge in [-0.3, -0.25) is 0 Å². The highest BCUT2D eigenvalue weighted by molar-refractivity contribution is 9.10. The molecule has 0 radical (unpaired) electrons. The van der Waals surface area contributed by atoms with Crippen molar-refractivity contribution in [3.63, 3.8) is 0 Å². The first kappa shape index (κ1) is 11.1. The first-order valence-corrected chi connectivity index (χ1v) is 6.35. The lowest BCUT2D eigenvalue weighted by Crippen LogP contribution is -1.98. The van der Waals surface area contributed by atoms with Gasteiger partial charge in [0.25, 0.3) is 0 Å². The second-order valence-corrected chi connectivity index (χ2v) is 4.75. The summed E-state index contributed by atoms with van der Waals surface area (Å²) in [7, 11) is 0. The molecule has 0 fully saturated rings. The number of benzene rings is 1. The van der Waals surface area contributed by atoms with Crippen LogP contribution in [0, 0.1) is 0 Å². The molecule has 1 nitrogen and oxygen atoms in total. The number of thioether (sulfide) groups is 1. The van der Waals surface area contributed by atoms with Gasteiger partial charge in [-0.1, -0.05) is 28.1 Å². The molecule has 3 heteroatoms. The van der Waals surface area contributed by atoms with Gasteiger partial charge in [0.1, 0.15) is 0 Å². The highest BCUT2D eigenvalue weighted by Gasteiger charge is 2.06. The first-order valence-electron chi connectivity index (χ1n) is 4.16. The molecule has 0 spiro atoms. The molecule has 13 heavy (non-hydrogen) atoms. The number of aliphatic hydroxyl groups excluding tert-OH is 1. The molecule has 1 atom stereocenters. The van der Waals surface area contributed by atoms with Crippen LogP contribution in [0.1, 0.15) is 18.1 Å². The minimum absolute atomic E-state index is 0.329. The summed E-state index contributed by atoms with van der Waals surface area (Å²) < 4.78 is 1.02. The zero-order valence-electron chi connectivity index (χ0n) is 7.53. The highest BCUT2D eigenvalue weighted by Crippen LogP contribution is 2.21. The fraction of sp³-hybridized carbons (Fsp3) is 0.400. The molecule has 1 aromatic rings. The largest absolute Gasteiger partial charge is 0.388 e. The average molecular weight is 261 g/mol. The summed E-state index contributed by atoms with van der Waals surface area (Å²) in [5.74, 6) is 0.994. The van der Waals surface area contributed by atoms with Crippen molar-refractivity contribution in [3.05, 3.63) is 34.3 Å². The fourth-order valence-electron chi connectivity index (χ4n) is 1.11. The van der Waals surface area contributed by atoms with Crippen molar-refractivity contribution < 1.29 is 5.11 Å². The lowest BCUT2D eigenvalue weighted by molar-refractivity contribution is 0.175. The summed E-state index contributed by atoms with van der Waals surface area (Å²) >= 11 is 5.14. The molecule has 0 heterocycles. The van der Waals surface area contributed by atoms with Crippen LogP contribution in [0.4, 0.5) is 0 Å². The third kappa shape index (κ3) is 3.71. The van der Waals surface area contributed by atoms with Crippen LogP contribution in [0.2, 0.25) is 0 Å². The van der Waals surface area contributed by atoms with Crippen LogP contribution >= 0.6 is 27.7 Å². The number of aliphatic hydroxyl groups is 1. The summed E-state index contributed by atoms with van der Waals surface area (Å²) in [6.07, 6.45) is 2.54. The van der Waals surface area contributed by atoms with Gasteiger partial charge in [0.15, 0.2) is 0 Å². The van der Waals surface area contributed by atoms with Crippen LogP contribution < -0.4 is 0 Å². The van der Waals surface area contributed by atoms with Gasteiger partial charge >= 0.3 is 0 Å². The van der Waals surface area contributed by atoms with Gasteiger partial charge in [0.2, 0.25) is 0 Å². The molecule has 0 saturated heterocycles. The second kappa shape index (κ2) is 5.68. The molecule has 1 N–H and O–H groups in total. The number of hydrogen-bond donors (Lipinski definition) is 1. The van der Waals surface area contributed by atoms with Gasteiger partial charge in [-0.25, -0.2) is 0 Å². The van der Waals surface area contributed by atoms with E-state index in [1.54, 1.807) is 11.8 Å². The van der Waals surface area contributed by atoms with E-state index in [2.05, 4.69) is 15.9 Å². The molecule has 1 aromatic carbocycles. The van der Waals surface area contributed by atoms with E-state index < -0.39 is 0 Å². The summed E-state index contributed by atoms with van der Waals surface area (Å²) in [5, 5.41) is 9.74. The van der Waals surface area contributed by atoms with Crippen LogP contribution in [0.3, 0.4) is 0 Å². The third-order valence-electron chi connectivity index (χ3n) is 1.83. The van der Waals surface area contributed by atoms with Gasteiger partial charge in [0, 0.05) is 4.47 Å². The number of halogens is 1. The van der Waals surface area contributed by atoms with Crippen molar-refractivity contribution in [2.75, 3.05) is 12.0 Å². The summed E-state index contributed by atoms with van der Waals surface area (Å²) in [5.41, 5.74) is 0.989. The van der Waals surface area contributed by atoms with E-state index in [0.717, 1.165) is 22.2 Å². The number of hydrogen-bond acceptors (Lipinski definition) is 2. The molecule has 0 saturated carbocycles. The normalized spacial score (nSPS) is 12.8. The van der Waals surface area contributed by atoms with Gasteiger partial charge < -0.3 is 5.11 Å². The minimum Gasteiger partial charge on any atom is -0.388 e. The molecule has 0 aromatic heterocycles. The topological polar surface area (TPSA) is 20.2 Å². The predicted octanol–water partition coefficient (Wildman–Crippen LogP) is 3.24. The molecule has 0 amide bonds. The summed E-state index contributed by atoms with van der Waals surface area (Å²) in [4.78, 5) is 0. The molecule has 72 valence electrons. The quantitative estimate of drug-likeness (QED) is 0.897. The Balaban J connectivity index is 2.60. The fourth-order valence-corrected chi connectivity index (χ4v) is 1.99. The van der Waals surface area contributed by atoms with Crippen molar-refractivity contribution in [1.82, 2.24) is 0 Å². The van der Waals surface area contributed by atoms with Crippen LogP contribution in [0.15, 0.2) is 28.7 Å². The smallest absolute Gasteiger partial charge is 0.0798 e. The molecule has 0 aliphatic heterocycles. The van der Waals surface area contributed by atoms with E-state index in [4.69, 9.17) is 0 Å². The lowest BCUT2D eigenvalue weighted by Gasteiger charge is -2.09. The molecule has 1 unspecified atom stereocenters. The molecule has 0 aliphatic carbocycles. The van der Waals surface area contributed by atoms with Crippen LogP contribution in [0.25, 0.3) is 0 Å². The zero-order valence-corrected chi connectivity index (χ0v) is 9.94. The molecule has 1 rings (SSSR count).